The molecule has 0 amide bonds. The molecule has 0 aromatic heterocycles. The molecule has 0 atom stereocenters. The third-order valence-electron chi connectivity index (χ3n) is 2.33. The van der Waals surface area contributed by atoms with Gasteiger partial charge < -0.3 is 0 Å². The normalized spacial score (nSPS) is 10.7. The highest BCUT2D eigenvalue weighted by Gasteiger charge is 2.00. The molecular formula is C13H10ClN3O. The third kappa shape index (κ3) is 3.21. The SMILES string of the molecule is O=NCc1ccccc1N=Nc1ccc(Cl)cc1. The highest BCUT2D eigenvalue weighted by Crippen LogP contribution is 2.23. The highest BCUT2D eigenvalue weighted by atomic mass is 35.5. The van der Waals surface area contributed by atoms with Gasteiger partial charge in [-0.2, -0.15) is 15.1 Å². The van der Waals surface area contributed by atoms with Crippen LogP contribution in [0.5, 0.6) is 0 Å². The summed E-state index contributed by atoms with van der Waals surface area (Å²) in [4.78, 5) is 10.3. The Hall–Kier alpha value is -2.07. The molecule has 0 saturated heterocycles. The molecule has 0 heterocycles. The molecule has 0 spiro atoms. The fraction of sp³-hybridized carbons (Fsp3) is 0.0769. The van der Waals surface area contributed by atoms with Crippen molar-refractivity contribution in [3.63, 3.8) is 0 Å². The van der Waals surface area contributed by atoms with Gasteiger partial charge in [-0.05, 0) is 30.3 Å². The third-order valence-corrected chi connectivity index (χ3v) is 2.58. The first-order chi connectivity index (χ1) is 8.79. The number of azo groups is 1. The Morgan fingerprint density at radius 2 is 1.67 bits per heavy atom. The maximum absolute atomic E-state index is 10.3. The van der Waals surface area contributed by atoms with Crippen molar-refractivity contribution in [1.82, 2.24) is 0 Å². The van der Waals surface area contributed by atoms with Gasteiger partial charge in [0, 0.05) is 10.6 Å². The second-order valence-corrected chi connectivity index (χ2v) is 4.03. The predicted molar refractivity (Wildman–Crippen MR) is 71.6 cm³/mol. The minimum atomic E-state index is 0.0931. The van der Waals surface area contributed by atoms with Crippen LogP contribution in [0, 0.1) is 4.91 Å². The van der Waals surface area contributed by atoms with E-state index < -0.39 is 0 Å². The zero-order chi connectivity index (χ0) is 12.8. The van der Waals surface area contributed by atoms with E-state index in [0.29, 0.717) is 16.4 Å². The summed E-state index contributed by atoms with van der Waals surface area (Å²) in [5.41, 5.74) is 2.10. The maximum Gasteiger partial charge on any atom is 0.108 e. The molecule has 0 fully saturated rings. The standard InChI is InChI=1S/C13H10ClN3O/c14-11-5-7-12(8-6-11)16-17-13-4-2-1-3-10(13)9-15-18/h1-8H,9H2. The minimum Gasteiger partial charge on any atom is -0.151 e. The summed E-state index contributed by atoms with van der Waals surface area (Å²) in [6.45, 7) is 0.0931. The number of halogens is 1. The van der Waals surface area contributed by atoms with E-state index in [4.69, 9.17) is 11.6 Å². The van der Waals surface area contributed by atoms with Gasteiger partial charge in [-0.3, -0.25) is 0 Å². The lowest BCUT2D eigenvalue weighted by atomic mass is 10.2. The van der Waals surface area contributed by atoms with E-state index in [-0.39, 0.29) is 6.54 Å². The zero-order valence-electron chi connectivity index (χ0n) is 9.45. The first-order valence-corrected chi connectivity index (χ1v) is 5.72. The van der Waals surface area contributed by atoms with Gasteiger partial charge in [-0.1, -0.05) is 35.0 Å². The van der Waals surface area contributed by atoms with Crippen LogP contribution in [0.2, 0.25) is 5.02 Å². The maximum atomic E-state index is 10.3. The van der Waals surface area contributed by atoms with E-state index in [2.05, 4.69) is 15.4 Å². The molecule has 0 radical (unpaired) electrons. The van der Waals surface area contributed by atoms with Crippen LogP contribution < -0.4 is 0 Å². The summed E-state index contributed by atoms with van der Waals surface area (Å²) < 4.78 is 0. The van der Waals surface area contributed by atoms with Crippen molar-refractivity contribution in [2.24, 2.45) is 15.4 Å². The fourth-order valence-electron chi connectivity index (χ4n) is 1.43. The summed E-state index contributed by atoms with van der Waals surface area (Å²) >= 11 is 5.78. The topological polar surface area (TPSA) is 54.1 Å². The Labute approximate surface area is 109 Å². The molecular weight excluding hydrogens is 250 g/mol. The van der Waals surface area contributed by atoms with Gasteiger partial charge in [0.2, 0.25) is 0 Å². The van der Waals surface area contributed by atoms with Crippen molar-refractivity contribution < 1.29 is 0 Å². The molecule has 0 aliphatic rings. The molecule has 0 aliphatic heterocycles. The lowest BCUT2D eigenvalue weighted by Crippen LogP contribution is -1.80. The second kappa shape index (κ2) is 6.02. The van der Waals surface area contributed by atoms with Crippen LogP contribution in [0.1, 0.15) is 5.56 Å². The van der Waals surface area contributed by atoms with E-state index in [1.807, 2.05) is 12.1 Å². The second-order valence-electron chi connectivity index (χ2n) is 3.59. The molecule has 2 rings (SSSR count). The number of benzene rings is 2. The molecule has 2 aromatic carbocycles. The van der Waals surface area contributed by atoms with Crippen molar-refractivity contribution in [1.29, 1.82) is 0 Å². The fourth-order valence-corrected chi connectivity index (χ4v) is 1.56. The number of rotatable bonds is 4. The molecule has 0 saturated carbocycles. The van der Waals surface area contributed by atoms with E-state index in [1.54, 1.807) is 36.4 Å². The van der Waals surface area contributed by atoms with Gasteiger partial charge in [0.1, 0.15) is 6.54 Å². The lowest BCUT2D eigenvalue weighted by molar-refractivity contribution is 1.04. The number of hydrogen-bond acceptors (Lipinski definition) is 4. The Morgan fingerprint density at radius 3 is 2.39 bits per heavy atom. The van der Waals surface area contributed by atoms with Crippen LogP contribution >= 0.6 is 11.6 Å². The van der Waals surface area contributed by atoms with Gasteiger partial charge in [-0.15, -0.1) is 0 Å². The zero-order valence-corrected chi connectivity index (χ0v) is 10.2. The quantitative estimate of drug-likeness (QED) is 0.562. The number of nitrogens with zero attached hydrogens (tertiary/aromatic N) is 3. The predicted octanol–water partition coefficient (Wildman–Crippen LogP) is 5.02. The minimum absolute atomic E-state index is 0.0931. The van der Waals surface area contributed by atoms with Crippen molar-refractivity contribution in [3.8, 4) is 0 Å². The van der Waals surface area contributed by atoms with Crippen LogP contribution in [0.4, 0.5) is 11.4 Å². The molecule has 0 unspecified atom stereocenters. The van der Waals surface area contributed by atoms with E-state index in [0.717, 1.165) is 5.56 Å². The molecule has 5 heteroatoms. The smallest absolute Gasteiger partial charge is 0.108 e. The number of hydrogen-bond donors (Lipinski definition) is 0. The molecule has 2 aromatic rings. The summed E-state index contributed by atoms with van der Waals surface area (Å²) in [6, 6.07) is 14.3. The van der Waals surface area contributed by atoms with Gasteiger partial charge in [0.05, 0.1) is 11.4 Å². The van der Waals surface area contributed by atoms with Crippen molar-refractivity contribution in [2.45, 2.75) is 6.54 Å². The number of nitroso groups, excluding NO2 is 1. The Kier molecular flexibility index (Phi) is 4.15. The first kappa shape index (κ1) is 12.4. The van der Waals surface area contributed by atoms with Gasteiger partial charge >= 0.3 is 0 Å². The Bertz CT molecular complexity index is 567. The van der Waals surface area contributed by atoms with Crippen LogP contribution in [0.25, 0.3) is 0 Å². The van der Waals surface area contributed by atoms with Gasteiger partial charge in [-0.25, -0.2) is 0 Å². The molecule has 4 nitrogen and oxygen atoms in total. The van der Waals surface area contributed by atoms with Crippen LogP contribution in [0.15, 0.2) is 63.9 Å². The molecule has 0 aliphatic carbocycles. The van der Waals surface area contributed by atoms with E-state index in [9.17, 15) is 4.91 Å². The van der Waals surface area contributed by atoms with E-state index >= 15 is 0 Å². The Morgan fingerprint density at radius 1 is 0.944 bits per heavy atom. The van der Waals surface area contributed by atoms with Crippen molar-refractivity contribution >= 4 is 23.0 Å². The molecule has 18 heavy (non-hydrogen) atoms. The Balaban J connectivity index is 2.22. The average Bonchev–Trinajstić information content (AvgIpc) is 2.40. The van der Waals surface area contributed by atoms with Gasteiger partial charge in [0.15, 0.2) is 0 Å². The van der Waals surface area contributed by atoms with E-state index in [1.165, 1.54) is 0 Å². The largest absolute Gasteiger partial charge is 0.151 e. The van der Waals surface area contributed by atoms with Crippen LogP contribution in [0.3, 0.4) is 0 Å². The summed E-state index contributed by atoms with van der Waals surface area (Å²) in [7, 11) is 0. The van der Waals surface area contributed by atoms with Crippen molar-refractivity contribution in [3.05, 3.63) is 64.0 Å². The first-order valence-electron chi connectivity index (χ1n) is 5.34. The average molecular weight is 260 g/mol. The molecule has 90 valence electrons. The van der Waals surface area contributed by atoms with Crippen LogP contribution in [-0.4, -0.2) is 0 Å². The van der Waals surface area contributed by atoms with Crippen LogP contribution in [-0.2, 0) is 6.54 Å². The highest BCUT2D eigenvalue weighted by molar-refractivity contribution is 6.30. The monoisotopic (exact) mass is 259 g/mol. The summed E-state index contributed by atoms with van der Waals surface area (Å²) in [5.74, 6) is 0. The molecule has 0 N–H and O–H groups in total. The lowest BCUT2D eigenvalue weighted by Gasteiger charge is -1.99. The summed E-state index contributed by atoms with van der Waals surface area (Å²) in [6.07, 6.45) is 0. The summed E-state index contributed by atoms with van der Waals surface area (Å²) in [5, 5.41) is 11.7. The van der Waals surface area contributed by atoms with Gasteiger partial charge in [0.25, 0.3) is 0 Å². The molecule has 0 bridgehead atoms. The van der Waals surface area contributed by atoms with Crippen molar-refractivity contribution in [2.75, 3.05) is 0 Å².